The summed E-state index contributed by atoms with van der Waals surface area (Å²) >= 11 is 1.57. The molecule has 1 amide bonds. The van der Waals surface area contributed by atoms with Gasteiger partial charge in [-0.05, 0) is 30.0 Å². The lowest BCUT2D eigenvalue weighted by molar-refractivity contribution is -0.385. The molecular formula is C17H14F3N3O3S. The van der Waals surface area contributed by atoms with Gasteiger partial charge in [-0.2, -0.15) is 18.3 Å². The molecule has 0 atom stereocenters. The highest BCUT2D eigenvalue weighted by Gasteiger charge is 2.33. The lowest BCUT2D eigenvalue weighted by Gasteiger charge is -2.08. The molecule has 0 radical (unpaired) electrons. The summed E-state index contributed by atoms with van der Waals surface area (Å²) in [7, 11) is 0. The predicted molar refractivity (Wildman–Crippen MR) is 95.8 cm³/mol. The normalized spacial score (nSPS) is 11.6. The number of rotatable bonds is 6. The Morgan fingerprint density at radius 1 is 1.26 bits per heavy atom. The van der Waals surface area contributed by atoms with E-state index in [9.17, 15) is 28.1 Å². The van der Waals surface area contributed by atoms with Crippen molar-refractivity contribution in [2.24, 2.45) is 5.10 Å². The highest BCUT2D eigenvalue weighted by Crippen LogP contribution is 2.33. The molecule has 2 aromatic carbocycles. The fourth-order valence-electron chi connectivity index (χ4n) is 2.14. The minimum Gasteiger partial charge on any atom is -0.273 e. The molecule has 0 saturated heterocycles. The number of amides is 1. The molecule has 0 heterocycles. The van der Waals surface area contributed by atoms with Gasteiger partial charge in [0.25, 0.3) is 5.69 Å². The SMILES string of the molecule is CSc1ccc(/C=N/NC(=O)Cc2ccc(C(F)(F)F)cc2[N+](=O)[O-])cc1. The average molecular weight is 397 g/mol. The lowest BCUT2D eigenvalue weighted by atomic mass is 10.1. The van der Waals surface area contributed by atoms with E-state index in [1.807, 2.05) is 18.4 Å². The van der Waals surface area contributed by atoms with E-state index < -0.39 is 34.7 Å². The number of nitrogens with one attached hydrogen (secondary N) is 1. The van der Waals surface area contributed by atoms with Crippen molar-refractivity contribution < 1.29 is 22.9 Å². The largest absolute Gasteiger partial charge is 0.416 e. The number of carbonyl (C=O) groups is 1. The van der Waals surface area contributed by atoms with Crippen molar-refractivity contribution in [3.8, 4) is 0 Å². The zero-order valence-electron chi connectivity index (χ0n) is 14.0. The summed E-state index contributed by atoms with van der Waals surface area (Å²) in [6.07, 6.45) is -1.86. The first-order valence-electron chi connectivity index (χ1n) is 7.51. The Hall–Kier alpha value is -2.88. The first-order chi connectivity index (χ1) is 12.7. The molecule has 10 heteroatoms. The molecule has 0 bridgehead atoms. The average Bonchev–Trinajstić information content (AvgIpc) is 2.61. The van der Waals surface area contributed by atoms with Crippen molar-refractivity contribution >= 4 is 29.6 Å². The fraction of sp³-hybridized carbons (Fsp3) is 0.176. The van der Waals surface area contributed by atoms with Crippen LogP contribution in [0.25, 0.3) is 0 Å². The van der Waals surface area contributed by atoms with E-state index in [1.54, 1.807) is 23.9 Å². The number of benzene rings is 2. The summed E-state index contributed by atoms with van der Waals surface area (Å²) in [5, 5.41) is 14.8. The maximum atomic E-state index is 12.7. The van der Waals surface area contributed by atoms with Crippen molar-refractivity contribution in [3.05, 3.63) is 69.3 Å². The van der Waals surface area contributed by atoms with Crippen LogP contribution in [0.15, 0.2) is 52.5 Å². The van der Waals surface area contributed by atoms with Crippen LogP contribution in [0.2, 0.25) is 0 Å². The molecule has 0 saturated carbocycles. The van der Waals surface area contributed by atoms with Crippen LogP contribution in [0.4, 0.5) is 18.9 Å². The maximum absolute atomic E-state index is 12.7. The third-order valence-electron chi connectivity index (χ3n) is 3.48. The number of halogens is 3. The monoisotopic (exact) mass is 397 g/mol. The number of hydrazone groups is 1. The first kappa shape index (κ1) is 20.4. The van der Waals surface area contributed by atoms with Gasteiger partial charge in [-0.3, -0.25) is 14.9 Å². The molecular weight excluding hydrogens is 383 g/mol. The lowest BCUT2D eigenvalue weighted by Crippen LogP contribution is -2.20. The number of nitro benzene ring substituents is 1. The van der Waals surface area contributed by atoms with E-state index >= 15 is 0 Å². The van der Waals surface area contributed by atoms with E-state index in [0.29, 0.717) is 12.1 Å². The van der Waals surface area contributed by atoms with Crippen LogP contribution >= 0.6 is 11.8 Å². The zero-order chi connectivity index (χ0) is 20.0. The Morgan fingerprint density at radius 3 is 2.48 bits per heavy atom. The summed E-state index contributed by atoms with van der Waals surface area (Å²) in [6, 6.07) is 9.37. The van der Waals surface area contributed by atoms with Crippen LogP contribution in [0.3, 0.4) is 0 Å². The third kappa shape index (κ3) is 5.81. The summed E-state index contributed by atoms with van der Waals surface area (Å²) in [6.45, 7) is 0. The van der Waals surface area contributed by atoms with Crippen LogP contribution in [0.1, 0.15) is 16.7 Å². The second-order valence-electron chi connectivity index (χ2n) is 5.34. The van der Waals surface area contributed by atoms with Gasteiger partial charge in [0, 0.05) is 16.5 Å². The van der Waals surface area contributed by atoms with Gasteiger partial charge in [0.2, 0.25) is 5.91 Å². The number of hydrogen-bond acceptors (Lipinski definition) is 5. The van der Waals surface area contributed by atoms with Gasteiger partial charge in [0.05, 0.1) is 23.1 Å². The number of alkyl halides is 3. The maximum Gasteiger partial charge on any atom is 0.416 e. The molecule has 2 rings (SSSR count). The Labute approximate surface area is 156 Å². The van der Waals surface area contributed by atoms with Crippen molar-refractivity contribution in [1.82, 2.24) is 5.43 Å². The van der Waals surface area contributed by atoms with Gasteiger partial charge in [-0.1, -0.05) is 18.2 Å². The van der Waals surface area contributed by atoms with Crippen molar-refractivity contribution in [2.75, 3.05) is 6.26 Å². The highest BCUT2D eigenvalue weighted by atomic mass is 32.2. The Bertz CT molecular complexity index is 868. The predicted octanol–water partition coefficient (Wildman–Crippen LogP) is 4.03. The number of thioether (sulfide) groups is 1. The van der Waals surface area contributed by atoms with Gasteiger partial charge in [-0.25, -0.2) is 5.43 Å². The molecule has 0 aliphatic rings. The Morgan fingerprint density at radius 2 is 1.93 bits per heavy atom. The van der Waals surface area contributed by atoms with E-state index in [0.717, 1.165) is 16.5 Å². The van der Waals surface area contributed by atoms with Crippen LogP contribution < -0.4 is 5.43 Å². The molecule has 0 fully saturated rings. The number of nitrogens with zero attached hydrogens (tertiary/aromatic N) is 2. The van der Waals surface area contributed by atoms with Crippen LogP contribution in [-0.4, -0.2) is 23.3 Å². The van der Waals surface area contributed by atoms with E-state index in [2.05, 4.69) is 10.5 Å². The topological polar surface area (TPSA) is 84.6 Å². The molecule has 0 spiro atoms. The number of hydrogen-bond donors (Lipinski definition) is 1. The number of nitro groups is 1. The molecule has 6 nitrogen and oxygen atoms in total. The minimum absolute atomic E-state index is 0.134. The number of carbonyl (C=O) groups excluding carboxylic acids is 1. The summed E-state index contributed by atoms with van der Waals surface area (Å²) < 4.78 is 38.0. The smallest absolute Gasteiger partial charge is 0.273 e. The summed E-state index contributed by atoms with van der Waals surface area (Å²) in [4.78, 5) is 23.0. The molecule has 27 heavy (non-hydrogen) atoms. The molecule has 142 valence electrons. The second kappa shape index (κ2) is 8.67. The van der Waals surface area contributed by atoms with Crippen LogP contribution in [0, 0.1) is 10.1 Å². The van der Waals surface area contributed by atoms with Crippen LogP contribution in [-0.2, 0) is 17.4 Å². The molecule has 0 aromatic heterocycles. The van der Waals surface area contributed by atoms with Crippen LogP contribution in [0.5, 0.6) is 0 Å². The molecule has 0 aliphatic heterocycles. The van der Waals surface area contributed by atoms with Crippen molar-refractivity contribution in [3.63, 3.8) is 0 Å². The van der Waals surface area contributed by atoms with Crippen molar-refractivity contribution in [2.45, 2.75) is 17.5 Å². The molecule has 1 N–H and O–H groups in total. The highest BCUT2D eigenvalue weighted by molar-refractivity contribution is 7.98. The van der Waals surface area contributed by atoms with Gasteiger partial charge in [-0.15, -0.1) is 11.8 Å². The molecule has 0 aliphatic carbocycles. The van der Waals surface area contributed by atoms with Gasteiger partial charge >= 0.3 is 6.18 Å². The standard InChI is InChI=1S/C17H14F3N3O3S/c1-27-14-6-2-11(3-7-14)10-21-22-16(24)8-12-4-5-13(17(18,19)20)9-15(12)23(25)26/h2-7,9-10H,8H2,1H3,(H,22,24)/b21-10+. The Balaban J connectivity index is 2.06. The summed E-state index contributed by atoms with van der Waals surface area (Å²) in [5.41, 5.74) is 0.881. The minimum atomic E-state index is -4.71. The molecule has 2 aromatic rings. The quantitative estimate of drug-likeness (QED) is 0.345. The third-order valence-corrected chi connectivity index (χ3v) is 4.22. The zero-order valence-corrected chi connectivity index (χ0v) is 14.8. The fourth-order valence-corrected chi connectivity index (χ4v) is 2.55. The second-order valence-corrected chi connectivity index (χ2v) is 6.22. The molecule has 0 unspecified atom stereocenters. The summed E-state index contributed by atoms with van der Waals surface area (Å²) in [5.74, 6) is -0.685. The van der Waals surface area contributed by atoms with Gasteiger partial charge in [0.1, 0.15) is 0 Å². The van der Waals surface area contributed by atoms with E-state index in [-0.39, 0.29) is 5.56 Å². The van der Waals surface area contributed by atoms with Gasteiger partial charge < -0.3 is 0 Å². The van der Waals surface area contributed by atoms with Crippen molar-refractivity contribution in [1.29, 1.82) is 0 Å². The van der Waals surface area contributed by atoms with E-state index in [4.69, 9.17) is 0 Å². The van der Waals surface area contributed by atoms with E-state index in [1.165, 1.54) is 6.21 Å². The Kier molecular flexibility index (Phi) is 6.56. The van der Waals surface area contributed by atoms with Gasteiger partial charge in [0.15, 0.2) is 0 Å². The first-order valence-corrected chi connectivity index (χ1v) is 8.73.